The largest absolute Gasteiger partial charge is 0.399 e. The van der Waals surface area contributed by atoms with Crippen LogP contribution in [0.2, 0.25) is 0 Å². The molecule has 0 atom stereocenters. The summed E-state index contributed by atoms with van der Waals surface area (Å²) in [6.45, 7) is 6.97. The van der Waals surface area contributed by atoms with Gasteiger partial charge in [-0.15, -0.1) is 0 Å². The van der Waals surface area contributed by atoms with Crippen LogP contribution in [0.25, 0.3) is 0 Å². The van der Waals surface area contributed by atoms with Gasteiger partial charge in [-0.1, -0.05) is 19.9 Å². The number of nitrogen functional groups attached to an aromatic ring is 1. The Bertz CT molecular complexity index is 456. The second-order valence-electron chi connectivity index (χ2n) is 6.15. The Balaban J connectivity index is 1.87. The highest BCUT2D eigenvalue weighted by molar-refractivity contribution is 5.92. The number of nitrogens with one attached hydrogen (secondary N) is 1. The predicted molar refractivity (Wildman–Crippen MR) is 78.9 cm³/mol. The van der Waals surface area contributed by atoms with Gasteiger partial charge in [0.15, 0.2) is 0 Å². The number of piperidine rings is 1. The molecule has 1 aliphatic rings. The van der Waals surface area contributed by atoms with E-state index in [-0.39, 0.29) is 5.91 Å². The summed E-state index contributed by atoms with van der Waals surface area (Å²) in [5, 5.41) is 2.90. The first-order valence-corrected chi connectivity index (χ1v) is 6.82. The number of hydrogen-bond acceptors (Lipinski definition) is 3. The van der Waals surface area contributed by atoms with E-state index in [0.29, 0.717) is 17.6 Å². The lowest BCUT2D eigenvalue weighted by Crippen LogP contribution is -2.43. The maximum atomic E-state index is 12.0. The van der Waals surface area contributed by atoms with Gasteiger partial charge in [0.05, 0.1) is 6.54 Å². The Morgan fingerprint density at radius 2 is 2.26 bits per heavy atom. The molecule has 0 saturated carbocycles. The van der Waals surface area contributed by atoms with E-state index in [2.05, 4.69) is 24.1 Å². The van der Waals surface area contributed by atoms with E-state index in [1.54, 1.807) is 6.07 Å². The van der Waals surface area contributed by atoms with Crippen LogP contribution in [0.15, 0.2) is 24.3 Å². The second kappa shape index (κ2) is 5.61. The summed E-state index contributed by atoms with van der Waals surface area (Å²) in [7, 11) is 0. The zero-order valence-electron chi connectivity index (χ0n) is 11.8. The van der Waals surface area contributed by atoms with E-state index in [1.165, 1.54) is 12.8 Å². The molecule has 1 aromatic carbocycles. The van der Waals surface area contributed by atoms with Gasteiger partial charge in [-0.2, -0.15) is 0 Å². The van der Waals surface area contributed by atoms with Crippen LogP contribution < -0.4 is 11.1 Å². The zero-order valence-corrected chi connectivity index (χ0v) is 11.8. The molecule has 19 heavy (non-hydrogen) atoms. The highest BCUT2D eigenvalue weighted by Crippen LogP contribution is 2.28. The van der Waals surface area contributed by atoms with E-state index in [9.17, 15) is 4.79 Å². The van der Waals surface area contributed by atoms with Gasteiger partial charge in [0.1, 0.15) is 0 Å². The molecule has 1 fully saturated rings. The molecule has 1 saturated heterocycles. The van der Waals surface area contributed by atoms with Crippen molar-refractivity contribution in [1.82, 2.24) is 4.90 Å². The number of benzene rings is 1. The Morgan fingerprint density at radius 1 is 1.47 bits per heavy atom. The summed E-state index contributed by atoms with van der Waals surface area (Å²) in [4.78, 5) is 14.2. The van der Waals surface area contributed by atoms with Crippen molar-refractivity contribution in [2.75, 3.05) is 30.7 Å². The third kappa shape index (κ3) is 4.24. The monoisotopic (exact) mass is 261 g/mol. The smallest absolute Gasteiger partial charge is 0.238 e. The molecule has 0 aromatic heterocycles. The highest BCUT2D eigenvalue weighted by atomic mass is 16.2. The fraction of sp³-hybridized carbons (Fsp3) is 0.533. The molecule has 1 amide bonds. The first-order chi connectivity index (χ1) is 8.94. The molecular formula is C15H23N3O. The van der Waals surface area contributed by atoms with Gasteiger partial charge >= 0.3 is 0 Å². The van der Waals surface area contributed by atoms with Crippen LogP contribution in [-0.4, -0.2) is 30.4 Å². The molecule has 1 aliphatic heterocycles. The van der Waals surface area contributed by atoms with Gasteiger partial charge in [0.2, 0.25) is 5.91 Å². The van der Waals surface area contributed by atoms with Crippen LogP contribution in [0.1, 0.15) is 26.7 Å². The molecule has 0 radical (unpaired) electrons. The average Bonchev–Trinajstić information content (AvgIpc) is 2.27. The van der Waals surface area contributed by atoms with Crippen molar-refractivity contribution in [2.24, 2.45) is 5.41 Å². The van der Waals surface area contributed by atoms with E-state index < -0.39 is 0 Å². The fourth-order valence-corrected chi connectivity index (χ4v) is 2.70. The number of amides is 1. The number of rotatable bonds is 3. The number of likely N-dealkylation sites (tertiary alicyclic amines) is 1. The number of anilines is 2. The fourth-order valence-electron chi connectivity index (χ4n) is 2.70. The lowest BCUT2D eigenvalue weighted by Gasteiger charge is -2.37. The lowest BCUT2D eigenvalue weighted by atomic mass is 9.84. The lowest BCUT2D eigenvalue weighted by molar-refractivity contribution is -0.118. The summed E-state index contributed by atoms with van der Waals surface area (Å²) in [5.41, 5.74) is 7.44. The van der Waals surface area contributed by atoms with Crippen LogP contribution in [-0.2, 0) is 4.79 Å². The second-order valence-corrected chi connectivity index (χ2v) is 6.15. The van der Waals surface area contributed by atoms with Crippen LogP contribution in [0.3, 0.4) is 0 Å². The topological polar surface area (TPSA) is 58.4 Å². The van der Waals surface area contributed by atoms with Gasteiger partial charge < -0.3 is 11.1 Å². The van der Waals surface area contributed by atoms with Crippen molar-refractivity contribution in [3.8, 4) is 0 Å². The summed E-state index contributed by atoms with van der Waals surface area (Å²) in [6.07, 6.45) is 2.40. The number of carbonyl (C=O) groups excluding carboxylic acids is 1. The van der Waals surface area contributed by atoms with Gasteiger partial charge in [0.25, 0.3) is 0 Å². The Morgan fingerprint density at radius 3 is 2.95 bits per heavy atom. The molecule has 0 unspecified atom stereocenters. The molecular weight excluding hydrogens is 238 g/mol. The van der Waals surface area contributed by atoms with Crippen LogP contribution >= 0.6 is 0 Å². The minimum atomic E-state index is 0.0308. The quantitative estimate of drug-likeness (QED) is 0.821. The molecule has 1 heterocycles. The molecule has 3 N–H and O–H groups in total. The number of hydrogen-bond donors (Lipinski definition) is 2. The van der Waals surface area contributed by atoms with Crippen LogP contribution in [0, 0.1) is 5.41 Å². The standard InChI is InChI=1S/C15H23N3O/c1-15(2)7-4-8-18(11-15)10-14(19)17-13-6-3-5-12(16)9-13/h3,5-6,9H,4,7-8,10-11,16H2,1-2H3,(H,17,19). The SMILES string of the molecule is CC1(C)CCCN(CC(=O)Nc2cccc(N)c2)C1. The van der Waals surface area contributed by atoms with Crippen molar-refractivity contribution in [1.29, 1.82) is 0 Å². The molecule has 0 aliphatic carbocycles. The molecule has 4 nitrogen and oxygen atoms in total. The number of nitrogens with zero attached hydrogens (tertiary/aromatic N) is 1. The molecule has 4 heteroatoms. The van der Waals surface area contributed by atoms with Crippen molar-refractivity contribution >= 4 is 17.3 Å². The maximum Gasteiger partial charge on any atom is 0.238 e. The van der Waals surface area contributed by atoms with Crippen molar-refractivity contribution in [3.05, 3.63) is 24.3 Å². The molecule has 0 bridgehead atoms. The molecule has 104 valence electrons. The average molecular weight is 261 g/mol. The first kappa shape index (κ1) is 13.9. The Hall–Kier alpha value is -1.55. The van der Waals surface area contributed by atoms with Gasteiger partial charge in [-0.3, -0.25) is 9.69 Å². The minimum Gasteiger partial charge on any atom is -0.399 e. The van der Waals surface area contributed by atoms with E-state index >= 15 is 0 Å². The third-order valence-corrected chi connectivity index (χ3v) is 3.52. The highest BCUT2D eigenvalue weighted by Gasteiger charge is 2.27. The van der Waals surface area contributed by atoms with Crippen LogP contribution in [0.5, 0.6) is 0 Å². The Labute approximate surface area is 115 Å². The van der Waals surface area contributed by atoms with Gasteiger partial charge in [-0.25, -0.2) is 0 Å². The van der Waals surface area contributed by atoms with E-state index in [0.717, 1.165) is 18.8 Å². The van der Waals surface area contributed by atoms with Crippen molar-refractivity contribution < 1.29 is 4.79 Å². The summed E-state index contributed by atoms with van der Waals surface area (Å²) in [6, 6.07) is 7.28. The molecule has 0 spiro atoms. The summed E-state index contributed by atoms with van der Waals surface area (Å²) >= 11 is 0. The summed E-state index contributed by atoms with van der Waals surface area (Å²) < 4.78 is 0. The van der Waals surface area contributed by atoms with Gasteiger partial charge in [-0.05, 0) is 43.0 Å². The number of nitrogens with two attached hydrogens (primary N) is 1. The minimum absolute atomic E-state index is 0.0308. The molecule has 1 aromatic rings. The van der Waals surface area contributed by atoms with Crippen molar-refractivity contribution in [3.63, 3.8) is 0 Å². The zero-order chi connectivity index (χ0) is 13.9. The normalized spacial score (nSPS) is 19.1. The summed E-state index contributed by atoms with van der Waals surface area (Å²) in [5.74, 6) is 0.0308. The van der Waals surface area contributed by atoms with E-state index in [4.69, 9.17) is 5.73 Å². The Kier molecular flexibility index (Phi) is 4.10. The molecule has 2 rings (SSSR count). The van der Waals surface area contributed by atoms with Crippen molar-refractivity contribution in [2.45, 2.75) is 26.7 Å². The van der Waals surface area contributed by atoms with E-state index in [1.807, 2.05) is 18.2 Å². The van der Waals surface area contributed by atoms with Crippen LogP contribution in [0.4, 0.5) is 11.4 Å². The maximum absolute atomic E-state index is 12.0. The first-order valence-electron chi connectivity index (χ1n) is 6.82. The third-order valence-electron chi connectivity index (χ3n) is 3.52. The predicted octanol–water partition coefficient (Wildman–Crippen LogP) is 2.33. The van der Waals surface area contributed by atoms with Gasteiger partial charge in [0, 0.05) is 17.9 Å². The number of carbonyl (C=O) groups is 1.